The molecule has 3 N–H and O–H groups in total. The molecule has 2 atom stereocenters. The molecule has 2 amide bonds. The van der Waals surface area contributed by atoms with E-state index in [1.165, 1.54) is 24.5 Å². The average molecular weight is 631 g/mol. The minimum absolute atomic E-state index is 0.0429. The van der Waals surface area contributed by atoms with Crippen LogP contribution in [-0.2, 0) is 4.79 Å². The Hall–Kier alpha value is -5.13. The number of anilines is 2. The molecule has 2 fully saturated rings. The number of halogens is 2. The Morgan fingerprint density at radius 3 is 2.61 bits per heavy atom. The number of imidazole rings is 1. The Balaban J connectivity index is 1.14. The van der Waals surface area contributed by atoms with Gasteiger partial charge in [0.1, 0.15) is 6.07 Å². The zero-order valence-corrected chi connectivity index (χ0v) is 25.3. The van der Waals surface area contributed by atoms with Crippen LogP contribution in [0.3, 0.4) is 0 Å². The number of rotatable bonds is 7. The molecular weight excluding hydrogens is 598 g/mol. The first-order valence-corrected chi connectivity index (χ1v) is 14.8. The standard InChI is InChI=1S/C32H32F2N8O4/c1-19-15-20(3-4-21(19)30(43)40-10-12-41(13-11-40)31(44)23-16-32(2,45)18-38-23)39-28-29-37-17-24(42(29)9-8-36-28)22-5-6-25(46-14-7-35)27(34)26(22)33/h3-6,8-9,15,17,23,38,45H,10-14,16,18H2,1-2H3,(H,36,39)/t23?,32-/m1/s1. The number of hydrogen-bond donors (Lipinski definition) is 3. The first-order valence-electron chi connectivity index (χ1n) is 14.8. The predicted octanol–water partition coefficient (Wildman–Crippen LogP) is 3.03. The van der Waals surface area contributed by atoms with Gasteiger partial charge in [0.05, 0.1) is 23.5 Å². The van der Waals surface area contributed by atoms with Crippen molar-refractivity contribution in [2.24, 2.45) is 0 Å². The molecule has 2 aliphatic heterocycles. The topological polar surface area (TPSA) is 148 Å². The van der Waals surface area contributed by atoms with E-state index < -0.39 is 29.9 Å². The van der Waals surface area contributed by atoms with Crippen LogP contribution in [0, 0.1) is 29.9 Å². The largest absolute Gasteiger partial charge is 0.476 e. The number of β-amino-alcohol motifs (C(OH)–C–C–N with tert-alkyl or cyclic N) is 1. The van der Waals surface area contributed by atoms with Crippen molar-refractivity contribution in [3.63, 3.8) is 0 Å². The van der Waals surface area contributed by atoms with E-state index in [4.69, 9.17) is 10.00 Å². The summed E-state index contributed by atoms with van der Waals surface area (Å²) in [5.74, 6) is -2.51. The molecule has 0 saturated carbocycles. The summed E-state index contributed by atoms with van der Waals surface area (Å²) in [5.41, 5.74) is 1.62. The van der Waals surface area contributed by atoms with Gasteiger partial charge in [-0.05, 0) is 49.7 Å². The van der Waals surface area contributed by atoms with E-state index in [1.54, 1.807) is 45.5 Å². The maximum atomic E-state index is 15.0. The SMILES string of the molecule is Cc1cc(Nc2nccn3c(-c4ccc(OCC#N)c(F)c4F)cnc23)ccc1C(=O)N1CCN(C(=O)C2C[C@@](C)(O)CN2)CC1. The molecule has 46 heavy (non-hydrogen) atoms. The van der Waals surface area contributed by atoms with Gasteiger partial charge in [0.2, 0.25) is 11.7 Å². The second-order valence-corrected chi connectivity index (χ2v) is 11.7. The Kier molecular flexibility index (Phi) is 8.28. The fourth-order valence-electron chi connectivity index (χ4n) is 5.90. The maximum Gasteiger partial charge on any atom is 0.254 e. The number of ether oxygens (including phenoxy) is 1. The van der Waals surface area contributed by atoms with Crippen molar-refractivity contribution in [3.8, 4) is 23.1 Å². The number of carbonyl (C=O) groups excluding carboxylic acids is 2. The van der Waals surface area contributed by atoms with E-state index in [0.717, 1.165) is 5.56 Å². The molecule has 0 bridgehead atoms. The first kappa shape index (κ1) is 30.9. The molecule has 4 heterocycles. The lowest BCUT2D eigenvalue weighted by molar-refractivity contribution is -0.134. The lowest BCUT2D eigenvalue weighted by Crippen LogP contribution is -2.54. The zero-order chi connectivity index (χ0) is 32.6. The van der Waals surface area contributed by atoms with Crippen molar-refractivity contribution in [3.05, 3.63) is 71.7 Å². The zero-order valence-electron chi connectivity index (χ0n) is 25.3. The van der Waals surface area contributed by atoms with Gasteiger partial charge in [-0.25, -0.2) is 14.4 Å². The molecular formula is C32H32F2N8O4. The van der Waals surface area contributed by atoms with Crippen molar-refractivity contribution < 1.29 is 28.2 Å². The van der Waals surface area contributed by atoms with E-state index >= 15 is 0 Å². The lowest BCUT2D eigenvalue weighted by atomic mass is 10.0. The van der Waals surface area contributed by atoms with Crippen molar-refractivity contribution >= 4 is 29.0 Å². The maximum absolute atomic E-state index is 15.0. The van der Waals surface area contributed by atoms with Crippen molar-refractivity contribution in [2.75, 3.05) is 44.6 Å². The summed E-state index contributed by atoms with van der Waals surface area (Å²) in [6.07, 6.45) is 4.85. The summed E-state index contributed by atoms with van der Waals surface area (Å²) in [7, 11) is 0. The van der Waals surface area contributed by atoms with Gasteiger partial charge in [0.25, 0.3) is 5.91 Å². The normalized spacial score (nSPS) is 19.7. The number of hydrogen-bond acceptors (Lipinski definition) is 9. The number of carbonyl (C=O) groups is 2. The summed E-state index contributed by atoms with van der Waals surface area (Å²) >= 11 is 0. The third-order valence-electron chi connectivity index (χ3n) is 8.31. The molecule has 0 aliphatic carbocycles. The van der Waals surface area contributed by atoms with E-state index in [1.807, 2.05) is 13.0 Å². The minimum atomic E-state index is -1.20. The number of benzene rings is 2. The minimum Gasteiger partial charge on any atom is -0.476 e. The summed E-state index contributed by atoms with van der Waals surface area (Å²) in [6, 6.07) is 9.22. The molecule has 2 aromatic heterocycles. The second kappa shape index (κ2) is 12.3. The quantitative estimate of drug-likeness (QED) is 0.280. The summed E-state index contributed by atoms with van der Waals surface area (Å²) in [5, 5.41) is 25.1. The summed E-state index contributed by atoms with van der Waals surface area (Å²) in [6.45, 7) is 5.15. The highest BCUT2D eigenvalue weighted by Crippen LogP contribution is 2.32. The molecule has 12 nitrogen and oxygen atoms in total. The number of fused-ring (bicyclic) bond motifs is 1. The van der Waals surface area contributed by atoms with Crippen LogP contribution in [0.25, 0.3) is 16.9 Å². The number of nitrogens with one attached hydrogen (secondary N) is 2. The lowest BCUT2D eigenvalue weighted by Gasteiger charge is -2.36. The molecule has 238 valence electrons. The van der Waals surface area contributed by atoms with Crippen LogP contribution in [-0.4, -0.2) is 92.1 Å². The number of aliphatic hydroxyl groups is 1. The monoisotopic (exact) mass is 630 g/mol. The Morgan fingerprint density at radius 2 is 1.91 bits per heavy atom. The van der Waals surface area contributed by atoms with Crippen LogP contribution in [0.15, 0.2) is 48.9 Å². The number of piperazine rings is 1. The number of aromatic nitrogens is 3. The Labute approximate surface area is 263 Å². The number of aryl methyl sites for hydroxylation is 1. The molecule has 1 unspecified atom stereocenters. The highest BCUT2D eigenvalue weighted by Gasteiger charge is 2.39. The molecule has 14 heteroatoms. The van der Waals surface area contributed by atoms with Gasteiger partial charge < -0.3 is 30.3 Å². The smallest absolute Gasteiger partial charge is 0.254 e. The van der Waals surface area contributed by atoms with Gasteiger partial charge in [-0.15, -0.1) is 0 Å². The molecule has 2 aromatic carbocycles. The Morgan fingerprint density at radius 1 is 1.15 bits per heavy atom. The van der Waals surface area contributed by atoms with E-state index in [9.17, 15) is 23.5 Å². The van der Waals surface area contributed by atoms with Gasteiger partial charge >= 0.3 is 0 Å². The number of nitriles is 1. The molecule has 2 saturated heterocycles. The summed E-state index contributed by atoms with van der Waals surface area (Å²) in [4.78, 5) is 38.5. The third kappa shape index (κ3) is 5.94. The van der Waals surface area contributed by atoms with Crippen molar-refractivity contribution in [1.82, 2.24) is 29.5 Å². The van der Waals surface area contributed by atoms with Crippen LogP contribution < -0.4 is 15.4 Å². The first-order chi connectivity index (χ1) is 22.1. The van der Waals surface area contributed by atoms with E-state index in [0.29, 0.717) is 61.9 Å². The number of amides is 2. The molecule has 4 aromatic rings. The number of nitrogens with zero attached hydrogens (tertiary/aromatic N) is 6. The van der Waals surface area contributed by atoms with Crippen LogP contribution in [0.2, 0.25) is 0 Å². The van der Waals surface area contributed by atoms with Crippen LogP contribution >= 0.6 is 0 Å². The van der Waals surface area contributed by atoms with Crippen LogP contribution in [0.5, 0.6) is 5.75 Å². The fourth-order valence-corrected chi connectivity index (χ4v) is 5.90. The van der Waals surface area contributed by atoms with Gasteiger partial charge in [0, 0.05) is 68.4 Å². The van der Waals surface area contributed by atoms with Crippen molar-refractivity contribution in [1.29, 1.82) is 5.26 Å². The molecule has 6 rings (SSSR count). The highest BCUT2D eigenvalue weighted by atomic mass is 19.2. The van der Waals surface area contributed by atoms with Gasteiger partial charge in [-0.3, -0.25) is 14.0 Å². The van der Waals surface area contributed by atoms with Gasteiger partial charge in [-0.2, -0.15) is 9.65 Å². The van der Waals surface area contributed by atoms with Crippen molar-refractivity contribution in [2.45, 2.75) is 31.9 Å². The fraction of sp³-hybridized carbons (Fsp3) is 0.344. The van der Waals surface area contributed by atoms with E-state index in [-0.39, 0.29) is 28.8 Å². The Bertz CT molecular complexity index is 1860. The van der Waals surface area contributed by atoms with Gasteiger partial charge in [0.15, 0.2) is 29.6 Å². The highest BCUT2D eigenvalue weighted by molar-refractivity contribution is 5.96. The predicted molar refractivity (Wildman–Crippen MR) is 163 cm³/mol. The van der Waals surface area contributed by atoms with Crippen LogP contribution in [0.4, 0.5) is 20.3 Å². The summed E-state index contributed by atoms with van der Waals surface area (Å²) < 4.78 is 36.1. The van der Waals surface area contributed by atoms with Gasteiger partial charge in [-0.1, -0.05) is 0 Å². The molecule has 0 radical (unpaired) electrons. The third-order valence-corrected chi connectivity index (χ3v) is 8.31. The average Bonchev–Trinajstić information content (AvgIpc) is 3.65. The molecule has 2 aliphatic rings. The second-order valence-electron chi connectivity index (χ2n) is 11.7. The molecule has 0 spiro atoms. The van der Waals surface area contributed by atoms with Crippen LogP contribution in [0.1, 0.15) is 29.3 Å². The van der Waals surface area contributed by atoms with E-state index in [2.05, 4.69) is 20.6 Å².